The Kier molecular flexibility index (Phi) is 4.30. The van der Waals surface area contributed by atoms with Crippen molar-refractivity contribution < 1.29 is 15.0 Å². The lowest BCUT2D eigenvalue weighted by atomic mass is 9.96. The van der Waals surface area contributed by atoms with E-state index < -0.39 is 0 Å². The molecular formula is C13H18N2O3. The van der Waals surface area contributed by atoms with Crippen molar-refractivity contribution in [2.45, 2.75) is 24.9 Å². The molecule has 1 aliphatic heterocycles. The second-order valence-electron chi connectivity index (χ2n) is 4.63. The summed E-state index contributed by atoms with van der Waals surface area (Å²) in [5.74, 6) is -0.0679. The fourth-order valence-electron chi connectivity index (χ4n) is 2.27. The molecule has 3 atom stereocenters. The van der Waals surface area contributed by atoms with Crippen LogP contribution < -0.4 is 10.4 Å². The smallest absolute Gasteiger partial charge is 0.225 e. The topological polar surface area (TPSA) is 76.8 Å². The molecule has 1 saturated heterocycles. The van der Waals surface area contributed by atoms with Crippen LogP contribution in [0.1, 0.15) is 12.0 Å². The summed E-state index contributed by atoms with van der Waals surface area (Å²) in [5, 5.41) is 23.1. The van der Waals surface area contributed by atoms with Gasteiger partial charge in [0.15, 0.2) is 0 Å². The van der Waals surface area contributed by atoms with Crippen LogP contribution in [0.3, 0.4) is 0 Å². The Balaban J connectivity index is 1.81. The van der Waals surface area contributed by atoms with Gasteiger partial charge in [-0.15, -0.1) is 0 Å². The van der Waals surface area contributed by atoms with Gasteiger partial charge in [-0.05, 0) is 5.56 Å². The van der Waals surface area contributed by atoms with Gasteiger partial charge in [-0.25, -0.2) is 0 Å². The lowest BCUT2D eigenvalue weighted by Crippen LogP contribution is -3.23. The van der Waals surface area contributed by atoms with Crippen molar-refractivity contribution in [2.75, 3.05) is 13.2 Å². The zero-order chi connectivity index (χ0) is 13.0. The van der Waals surface area contributed by atoms with E-state index in [0.29, 0.717) is 19.4 Å². The predicted molar refractivity (Wildman–Crippen MR) is 66.8 cm³/mol. The number of nitrogens with one attached hydrogen (secondary N) is 2. The van der Waals surface area contributed by atoms with E-state index in [4.69, 9.17) is 5.11 Å². The number of carbonyl (C=O) groups excluding carboxylic acids is 1. The van der Waals surface area contributed by atoms with Crippen LogP contribution in [0.4, 0.5) is 0 Å². The van der Waals surface area contributed by atoms with Gasteiger partial charge in [-0.2, -0.15) is 0 Å². The Labute approximate surface area is 106 Å². The maximum absolute atomic E-state index is 11.8. The molecule has 98 valence electrons. The van der Waals surface area contributed by atoms with E-state index in [-0.39, 0.29) is 29.7 Å². The van der Waals surface area contributed by atoms with Gasteiger partial charge in [0, 0.05) is 13.0 Å². The first-order valence-corrected chi connectivity index (χ1v) is 6.17. The molecule has 1 amide bonds. The van der Waals surface area contributed by atoms with Gasteiger partial charge in [0.2, 0.25) is 5.91 Å². The molecular weight excluding hydrogens is 232 g/mol. The number of hydroxylamine groups is 2. The molecule has 18 heavy (non-hydrogen) atoms. The largest absolute Gasteiger partial charge is 0.634 e. The van der Waals surface area contributed by atoms with Crippen LogP contribution >= 0.6 is 0 Å². The highest BCUT2D eigenvalue weighted by molar-refractivity contribution is 5.79. The van der Waals surface area contributed by atoms with E-state index in [1.165, 1.54) is 0 Å². The van der Waals surface area contributed by atoms with Crippen molar-refractivity contribution in [2.24, 2.45) is 0 Å². The zero-order valence-electron chi connectivity index (χ0n) is 10.1. The summed E-state index contributed by atoms with van der Waals surface area (Å²) in [4.78, 5) is 11.8. The molecule has 0 radical (unpaired) electrons. The molecule has 1 aromatic carbocycles. The number of aliphatic hydroxyl groups is 1. The fourth-order valence-corrected chi connectivity index (χ4v) is 2.27. The van der Waals surface area contributed by atoms with E-state index in [0.717, 1.165) is 5.56 Å². The molecule has 1 heterocycles. The molecule has 1 fully saturated rings. The second-order valence-corrected chi connectivity index (χ2v) is 4.63. The van der Waals surface area contributed by atoms with E-state index in [2.05, 4.69) is 5.32 Å². The third kappa shape index (κ3) is 3.07. The van der Waals surface area contributed by atoms with Crippen molar-refractivity contribution in [3.63, 3.8) is 0 Å². The second kappa shape index (κ2) is 5.95. The van der Waals surface area contributed by atoms with Crippen molar-refractivity contribution >= 4 is 5.91 Å². The van der Waals surface area contributed by atoms with Crippen molar-refractivity contribution in [1.82, 2.24) is 5.32 Å². The van der Waals surface area contributed by atoms with Crippen LogP contribution in [0.2, 0.25) is 0 Å². The Morgan fingerprint density at radius 3 is 2.78 bits per heavy atom. The van der Waals surface area contributed by atoms with Crippen molar-refractivity contribution in [1.29, 1.82) is 0 Å². The Morgan fingerprint density at radius 1 is 1.44 bits per heavy atom. The molecule has 0 aliphatic carbocycles. The lowest BCUT2D eigenvalue weighted by molar-refractivity contribution is -0.924. The van der Waals surface area contributed by atoms with Gasteiger partial charge >= 0.3 is 0 Å². The lowest BCUT2D eigenvalue weighted by Gasteiger charge is -2.46. The minimum atomic E-state index is -0.199. The third-order valence-electron chi connectivity index (χ3n) is 3.31. The van der Waals surface area contributed by atoms with Gasteiger partial charge in [0.1, 0.15) is 18.6 Å². The standard InChI is InChI=1S/C13H18N2O3/c16-7-6-12-11(9-15(12)18)14-13(17)8-10-4-2-1-3-5-10/h1-5,11-12,15-16H,6-9H2,(H,14,17). The Morgan fingerprint density at radius 2 is 2.17 bits per heavy atom. The van der Waals surface area contributed by atoms with Crippen LogP contribution in [0.5, 0.6) is 0 Å². The zero-order valence-corrected chi connectivity index (χ0v) is 10.1. The average Bonchev–Trinajstić information content (AvgIpc) is 2.37. The molecule has 0 aromatic heterocycles. The summed E-state index contributed by atoms with van der Waals surface area (Å²) >= 11 is 0. The number of hydrogen-bond donors (Lipinski definition) is 3. The summed E-state index contributed by atoms with van der Waals surface area (Å²) in [6.45, 7) is 0.382. The number of benzene rings is 1. The van der Waals surface area contributed by atoms with Gasteiger partial charge in [0.05, 0.1) is 6.42 Å². The van der Waals surface area contributed by atoms with Crippen LogP contribution in [-0.4, -0.2) is 36.2 Å². The van der Waals surface area contributed by atoms with Gasteiger partial charge < -0.3 is 20.7 Å². The van der Waals surface area contributed by atoms with Gasteiger partial charge in [0.25, 0.3) is 0 Å². The van der Waals surface area contributed by atoms with Crippen molar-refractivity contribution in [3.8, 4) is 0 Å². The SMILES string of the molecule is O=C(Cc1ccccc1)NC1C[NH+]([O-])C1CCO. The van der Waals surface area contributed by atoms with E-state index in [9.17, 15) is 10.0 Å². The monoisotopic (exact) mass is 250 g/mol. The molecule has 5 heteroatoms. The molecule has 5 nitrogen and oxygen atoms in total. The number of rotatable bonds is 5. The minimum Gasteiger partial charge on any atom is -0.634 e. The highest BCUT2D eigenvalue weighted by atomic mass is 16.5. The van der Waals surface area contributed by atoms with Crippen LogP contribution in [-0.2, 0) is 11.2 Å². The quantitative estimate of drug-likeness (QED) is 0.578. The van der Waals surface area contributed by atoms with Gasteiger partial charge in [-0.3, -0.25) is 4.79 Å². The molecule has 3 N–H and O–H groups in total. The molecule has 0 saturated carbocycles. The molecule has 1 aliphatic rings. The molecule has 1 aromatic rings. The van der Waals surface area contributed by atoms with E-state index in [1.54, 1.807) is 0 Å². The first kappa shape index (κ1) is 13.0. The van der Waals surface area contributed by atoms with Crippen LogP contribution in [0, 0.1) is 5.21 Å². The number of quaternary nitrogens is 1. The van der Waals surface area contributed by atoms with Crippen LogP contribution in [0.15, 0.2) is 30.3 Å². The summed E-state index contributed by atoms with van der Waals surface area (Å²) in [7, 11) is 0. The first-order chi connectivity index (χ1) is 8.70. The molecule has 0 bridgehead atoms. The first-order valence-electron chi connectivity index (χ1n) is 6.17. The number of carbonyl (C=O) groups is 1. The number of aliphatic hydroxyl groups excluding tert-OH is 1. The summed E-state index contributed by atoms with van der Waals surface area (Å²) < 4.78 is 0. The number of amides is 1. The summed E-state index contributed by atoms with van der Waals surface area (Å²) in [6, 6.07) is 9.20. The van der Waals surface area contributed by atoms with E-state index >= 15 is 0 Å². The Bertz CT molecular complexity index is 396. The summed E-state index contributed by atoms with van der Waals surface area (Å²) in [5.41, 5.74) is 0.958. The molecule has 2 rings (SSSR count). The third-order valence-corrected chi connectivity index (χ3v) is 3.31. The highest BCUT2D eigenvalue weighted by Gasteiger charge is 2.39. The highest BCUT2D eigenvalue weighted by Crippen LogP contribution is 2.04. The fraction of sp³-hybridized carbons (Fsp3) is 0.462. The maximum atomic E-state index is 11.8. The van der Waals surface area contributed by atoms with E-state index in [1.807, 2.05) is 30.3 Å². The molecule has 0 spiro atoms. The number of hydrogen-bond acceptors (Lipinski definition) is 3. The normalized spacial score (nSPS) is 26.4. The van der Waals surface area contributed by atoms with Crippen LogP contribution in [0.25, 0.3) is 0 Å². The average molecular weight is 250 g/mol. The van der Waals surface area contributed by atoms with Crippen molar-refractivity contribution in [3.05, 3.63) is 41.1 Å². The maximum Gasteiger partial charge on any atom is 0.225 e. The predicted octanol–water partition coefficient (Wildman–Crippen LogP) is -1.14. The minimum absolute atomic E-state index is 0.0124. The molecule has 3 unspecified atom stereocenters. The Hall–Kier alpha value is -1.43. The van der Waals surface area contributed by atoms with Gasteiger partial charge in [-0.1, -0.05) is 30.3 Å². The summed E-state index contributed by atoms with van der Waals surface area (Å²) in [6.07, 6.45) is 0.770.